The van der Waals surface area contributed by atoms with E-state index in [1.807, 2.05) is 18.3 Å². The van der Waals surface area contributed by atoms with E-state index in [0.717, 1.165) is 29.7 Å². The molecule has 1 fully saturated rings. The lowest BCUT2D eigenvalue weighted by molar-refractivity contribution is -0.123. The molecular weight excluding hydrogens is 254 g/mol. The third-order valence-corrected chi connectivity index (χ3v) is 3.61. The maximum absolute atomic E-state index is 11.7. The van der Waals surface area contributed by atoms with Crippen LogP contribution in [0.3, 0.4) is 0 Å². The molecule has 20 heavy (non-hydrogen) atoms. The highest BCUT2D eigenvalue weighted by Crippen LogP contribution is 2.44. The summed E-state index contributed by atoms with van der Waals surface area (Å²) < 4.78 is 0. The van der Waals surface area contributed by atoms with Crippen LogP contribution in [0.2, 0.25) is 0 Å². The fraction of sp³-hybridized carbons (Fsp3) is 0.357. The van der Waals surface area contributed by atoms with Crippen molar-refractivity contribution in [2.45, 2.75) is 31.3 Å². The number of amides is 1. The fourth-order valence-electron chi connectivity index (χ4n) is 2.18. The van der Waals surface area contributed by atoms with Crippen LogP contribution >= 0.6 is 0 Å². The quantitative estimate of drug-likeness (QED) is 0.770. The summed E-state index contributed by atoms with van der Waals surface area (Å²) in [7, 11) is 0. The summed E-state index contributed by atoms with van der Waals surface area (Å²) in [6.45, 7) is 1.68. The van der Waals surface area contributed by atoms with E-state index in [1.54, 1.807) is 19.3 Å². The summed E-state index contributed by atoms with van der Waals surface area (Å²) in [5.41, 5.74) is 8.15. The molecular formula is C14H17N5O. The number of hydrogen-bond acceptors (Lipinski definition) is 4. The van der Waals surface area contributed by atoms with Gasteiger partial charge in [-0.15, -0.1) is 0 Å². The van der Waals surface area contributed by atoms with E-state index < -0.39 is 6.04 Å². The Hall–Kier alpha value is -2.21. The molecule has 1 atom stereocenters. The van der Waals surface area contributed by atoms with Gasteiger partial charge in [0.05, 0.1) is 23.5 Å². The Morgan fingerprint density at radius 1 is 1.40 bits per heavy atom. The summed E-state index contributed by atoms with van der Waals surface area (Å²) in [6, 6.07) is 3.44. The van der Waals surface area contributed by atoms with E-state index in [4.69, 9.17) is 5.73 Å². The number of nitrogens with zero attached hydrogens (tertiary/aromatic N) is 2. The molecule has 0 spiro atoms. The molecule has 0 aliphatic heterocycles. The SMILES string of the molecule is C[C@H](N)C(=O)NC1(c2ccc(-c3cn[nH]c3)cn2)CC1. The van der Waals surface area contributed by atoms with Gasteiger partial charge in [-0.3, -0.25) is 14.9 Å². The van der Waals surface area contributed by atoms with Gasteiger partial charge in [-0.2, -0.15) is 5.10 Å². The van der Waals surface area contributed by atoms with Gasteiger partial charge in [0, 0.05) is 23.5 Å². The minimum Gasteiger partial charge on any atom is -0.344 e. The van der Waals surface area contributed by atoms with Crippen molar-refractivity contribution in [2.24, 2.45) is 5.73 Å². The highest BCUT2D eigenvalue weighted by atomic mass is 16.2. The van der Waals surface area contributed by atoms with Crippen molar-refractivity contribution in [3.8, 4) is 11.1 Å². The molecule has 3 rings (SSSR count). The van der Waals surface area contributed by atoms with Crippen molar-refractivity contribution in [3.63, 3.8) is 0 Å². The van der Waals surface area contributed by atoms with Crippen molar-refractivity contribution in [3.05, 3.63) is 36.4 Å². The maximum atomic E-state index is 11.7. The molecule has 4 N–H and O–H groups in total. The van der Waals surface area contributed by atoms with Crippen molar-refractivity contribution in [2.75, 3.05) is 0 Å². The molecule has 0 radical (unpaired) electrons. The number of carbonyl (C=O) groups is 1. The third-order valence-electron chi connectivity index (χ3n) is 3.61. The van der Waals surface area contributed by atoms with Gasteiger partial charge in [0.15, 0.2) is 0 Å². The zero-order valence-corrected chi connectivity index (χ0v) is 11.3. The molecule has 0 bridgehead atoms. The number of aromatic nitrogens is 3. The molecule has 1 aliphatic carbocycles. The average molecular weight is 271 g/mol. The van der Waals surface area contributed by atoms with Crippen LogP contribution in [0.15, 0.2) is 30.7 Å². The smallest absolute Gasteiger partial charge is 0.237 e. The number of nitrogens with one attached hydrogen (secondary N) is 2. The molecule has 1 aliphatic rings. The molecule has 2 heterocycles. The lowest BCUT2D eigenvalue weighted by Gasteiger charge is -2.18. The van der Waals surface area contributed by atoms with E-state index in [-0.39, 0.29) is 11.4 Å². The zero-order chi connectivity index (χ0) is 14.2. The van der Waals surface area contributed by atoms with Crippen LogP contribution in [-0.4, -0.2) is 27.1 Å². The minimum atomic E-state index is -0.502. The highest BCUT2D eigenvalue weighted by Gasteiger charge is 2.47. The fourth-order valence-corrected chi connectivity index (χ4v) is 2.18. The third kappa shape index (κ3) is 2.30. The van der Waals surface area contributed by atoms with Gasteiger partial charge in [-0.1, -0.05) is 6.07 Å². The van der Waals surface area contributed by atoms with Crippen LogP contribution in [-0.2, 0) is 10.3 Å². The molecule has 0 aromatic carbocycles. The molecule has 2 aromatic heterocycles. The Balaban J connectivity index is 1.79. The van der Waals surface area contributed by atoms with Gasteiger partial charge < -0.3 is 11.1 Å². The topological polar surface area (TPSA) is 96.7 Å². The Bertz CT molecular complexity index is 599. The summed E-state index contributed by atoms with van der Waals surface area (Å²) in [5.74, 6) is -0.136. The largest absolute Gasteiger partial charge is 0.344 e. The molecule has 0 saturated heterocycles. The summed E-state index contributed by atoms with van der Waals surface area (Å²) >= 11 is 0. The second kappa shape index (κ2) is 4.72. The number of carbonyl (C=O) groups excluding carboxylic acids is 1. The summed E-state index contributed by atoms with van der Waals surface area (Å²) in [4.78, 5) is 16.2. The number of rotatable bonds is 4. The maximum Gasteiger partial charge on any atom is 0.237 e. The summed E-state index contributed by atoms with van der Waals surface area (Å²) in [5, 5.41) is 9.68. The molecule has 6 heteroatoms. The lowest BCUT2D eigenvalue weighted by atomic mass is 10.1. The number of H-pyrrole nitrogens is 1. The van der Waals surface area contributed by atoms with E-state index in [2.05, 4.69) is 20.5 Å². The molecule has 6 nitrogen and oxygen atoms in total. The standard InChI is InChI=1S/C14H17N5O/c1-9(15)13(20)19-14(4-5-14)12-3-2-10(6-16-12)11-7-17-18-8-11/h2-3,6-9H,4-5,15H2,1H3,(H,17,18)(H,19,20)/t9-/m0/s1. The van der Waals surface area contributed by atoms with Crippen LogP contribution in [0.4, 0.5) is 0 Å². The Kier molecular flexibility index (Phi) is 3.02. The normalized spacial score (nSPS) is 17.5. The highest BCUT2D eigenvalue weighted by molar-refractivity contribution is 5.82. The first-order valence-corrected chi connectivity index (χ1v) is 6.64. The Labute approximate surface area is 116 Å². The van der Waals surface area contributed by atoms with Gasteiger partial charge in [0.1, 0.15) is 0 Å². The first-order valence-electron chi connectivity index (χ1n) is 6.64. The van der Waals surface area contributed by atoms with Crippen molar-refractivity contribution in [1.29, 1.82) is 0 Å². The minimum absolute atomic E-state index is 0.136. The Morgan fingerprint density at radius 3 is 2.70 bits per heavy atom. The lowest BCUT2D eigenvalue weighted by Crippen LogP contribution is -2.44. The van der Waals surface area contributed by atoms with Gasteiger partial charge in [-0.25, -0.2) is 0 Å². The average Bonchev–Trinajstić information content (AvgIpc) is 3.02. The second-order valence-electron chi connectivity index (χ2n) is 5.28. The van der Waals surface area contributed by atoms with Crippen LogP contribution in [0.1, 0.15) is 25.5 Å². The van der Waals surface area contributed by atoms with Gasteiger partial charge >= 0.3 is 0 Å². The van der Waals surface area contributed by atoms with Gasteiger partial charge in [0.2, 0.25) is 5.91 Å². The zero-order valence-electron chi connectivity index (χ0n) is 11.3. The van der Waals surface area contributed by atoms with Crippen LogP contribution in [0.25, 0.3) is 11.1 Å². The van der Waals surface area contributed by atoms with Crippen LogP contribution in [0, 0.1) is 0 Å². The van der Waals surface area contributed by atoms with E-state index in [9.17, 15) is 4.79 Å². The first kappa shape index (κ1) is 12.8. The van der Waals surface area contributed by atoms with Crippen molar-refractivity contribution in [1.82, 2.24) is 20.5 Å². The van der Waals surface area contributed by atoms with E-state index in [1.165, 1.54) is 0 Å². The number of nitrogens with two attached hydrogens (primary N) is 1. The van der Waals surface area contributed by atoms with Crippen LogP contribution < -0.4 is 11.1 Å². The molecule has 104 valence electrons. The van der Waals surface area contributed by atoms with E-state index in [0.29, 0.717) is 0 Å². The van der Waals surface area contributed by atoms with Crippen LogP contribution in [0.5, 0.6) is 0 Å². The number of aromatic amines is 1. The number of hydrogen-bond donors (Lipinski definition) is 3. The van der Waals surface area contributed by atoms with E-state index >= 15 is 0 Å². The predicted octanol–water partition coefficient (Wildman–Crippen LogP) is 0.924. The first-order chi connectivity index (χ1) is 9.61. The molecule has 1 amide bonds. The Morgan fingerprint density at radius 2 is 2.20 bits per heavy atom. The predicted molar refractivity (Wildman–Crippen MR) is 74.5 cm³/mol. The second-order valence-corrected chi connectivity index (χ2v) is 5.28. The van der Waals surface area contributed by atoms with Crippen molar-refractivity contribution >= 4 is 5.91 Å². The van der Waals surface area contributed by atoms with Gasteiger partial charge in [-0.05, 0) is 25.8 Å². The number of pyridine rings is 1. The van der Waals surface area contributed by atoms with Crippen molar-refractivity contribution < 1.29 is 4.79 Å². The molecule has 1 saturated carbocycles. The molecule has 0 unspecified atom stereocenters. The monoisotopic (exact) mass is 271 g/mol. The summed E-state index contributed by atoms with van der Waals surface area (Å²) in [6.07, 6.45) is 7.19. The molecule has 2 aromatic rings. The van der Waals surface area contributed by atoms with Gasteiger partial charge in [0.25, 0.3) is 0 Å².